The van der Waals surface area contributed by atoms with Crippen LogP contribution in [-0.2, 0) is 16.4 Å². The maximum absolute atomic E-state index is 13.4. The van der Waals surface area contributed by atoms with Gasteiger partial charge in [-0.1, -0.05) is 13.0 Å². The van der Waals surface area contributed by atoms with Gasteiger partial charge in [0.25, 0.3) is 15.9 Å². The Morgan fingerprint density at radius 3 is 2.62 bits per heavy atom. The van der Waals surface area contributed by atoms with Gasteiger partial charge in [0.2, 0.25) is 0 Å². The lowest BCUT2D eigenvalue weighted by Gasteiger charge is -2.35. The fraction of sp³-hybridized carbons (Fsp3) is 0.292. The van der Waals surface area contributed by atoms with Gasteiger partial charge in [-0.05, 0) is 72.3 Å². The van der Waals surface area contributed by atoms with Crippen LogP contribution in [-0.4, -0.2) is 39.9 Å². The predicted molar refractivity (Wildman–Crippen MR) is 127 cm³/mol. The summed E-state index contributed by atoms with van der Waals surface area (Å²) in [6.45, 7) is 2.70. The molecule has 0 N–H and O–H groups in total. The summed E-state index contributed by atoms with van der Waals surface area (Å²) in [6, 6.07) is 15.2. The van der Waals surface area contributed by atoms with Gasteiger partial charge in [0.05, 0.1) is 23.7 Å². The summed E-state index contributed by atoms with van der Waals surface area (Å²) < 4.78 is 32.9. The minimum absolute atomic E-state index is 0.0136. The standard InChI is InChI=1S/C24H26N2O4S2/c1-4-22-21-13-15-31-23(21)12-14-26(22)24(27)17-6-5-7-20(16-17)32(28,29)25(2)18-8-10-19(30-3)11-9-18/h5-11,13,15-16,22H,4,12,14H2,1-3H3/t22-/m1/s1. The summed E-state index contributed by atoms with van der Waals surface area (Å²) >= 11 is 1.73. The first kappa shape index (κ1) is 22.4. The number of methoxy groups -OCH3 is 1. The van der Waals surface area contributed by atoms with Crippen molar-refractivity contribution in [2.45, 2.75) is 30.7 Å². The van der Waals surface area contributed by atoms with Gasteiger partial charge < -0.3 is 9.64 Å². The largest absolute Gasteiger partial charge is 0.497 e. The van der Waals surface area contributed by atoms with Crippen LogP contribution in [0.1, 0.15) is 40.2 Å². The number of carbonyl (C=O) groups is 1. The van der Waals surface area contributed by atoms with E-state index in [1.807, 2.05) is 4.90 Å². The maximum Gasteiger partial charge on any atom is 0.264 e. The van der Waals surface area contributed by atoms with E-state index in [0.717, 1.165) is 12.8 Å². The molecule has 32 heavy (non-hydrogen) atoms. The fourth-order valence-corrected chi connectivity index (χ4v) is 6.29. The Morgan fingerprint density at radius 2 is 1.94 bits per heavy atom. The molecule has 0 fully saturated rings. The number of hydrogen-bond acceptors (Lipinski definition) is 5. The smallest absolute Gasteiger partial charge is 0.264 e. The summed E-state index contributed by atoms with van der Waals surface area (Å²) in [6.07, 6.45) is 1.64. The molecule has 0 unspecified atom stereocenters. The second kappa shape index (κ2) is 8.96. The molecule has 1 atom stereocenters. The molecule has 6 nitrogen and oxygen atoms in total. The van der Waals surface area contributed by atoms with Gasteiger partial charge in [-0.2, -0.15) is 0 Å². The van der Waals surface area contributed by atoms with Crippen molar-refractivity contribution >= 4 is 33.0 Å². The van der Waals surface area contributed by atoms with E-state index in [-0.39, 0.29) is 16.8 Å². The van der Waals surface area contributed by atoms with Crippen molar-refractivity contribution in [2.75, 3.05) is 25.0 Å². The summed E-state index contributed by atoms with van der Waals surface area (Å²) in [5, 5.41) is 2.07. The molecule has 0 saturated carbocycles. The van der Waals surface area contributed by atoms with E-state index in [1.54, 1.807) is 54.8 Å². The van der Waals surface area contributed by atoms with Gasteiger partial charge in [0.15, 0.2) is 0 Å². The van der Waals surface area contributed by atoms with Crippen LogP contribution in [0.25, 0.3) is 0 Å². The zero-order valence-corrected chi connectivity index (χ0v) is 19.9. The molecule has 2 heterocycles. The van der Waals surface area contributed by atoms with Crippen molar-refractivity contribution < 1.29 is 17.9 Å². The zero-order valence-electron chi connectivity index (χ0n) is 18.3. The summed E-state index contributed by atoms with van der Waals surface area (Å²) in [4.78, 5) is 16.7. The Kier molecular flexibility index (Phi) is 6.26. The Morgan fingerprint density at radius 1 is 1.19 bits per heavy atom. The van der Waals surface area contributed by atoms with E-state index >= 15 is 0 Å². The molecule has 168 valence electrons. The molecule has 0 saturated heterocycles. The molecule has 0 spiro atoms. The average molecular weight is 471 g/mol. The molecule has 2 aromatic carbocycles. The topological polar surface area (TPSA) is 66.9 Å². The number of benzene rings is 2. The molecule has 0 radical (unpaired) electrons. The number of carbonyl (C=O) groups excluding carboxylic acids is 1. The Hall–Kier alpha value is -2.84. The van der Waals surface area contributed by atoms with Gasteiger partial charge in [0, 0.05) is 24.0 Å². The highest BCUT2D eigenvalue weighted by Gasteiger charge is 2.31. The van der Waals surface area contributed by atoms with Crippen molar-refractivity contribution in [2.24, 2.45) is 0 Å². The normalized spacial score (nSPS) is 15.8. The van der Waals surface area contributed by atoms with Gasteiger partial charge >= 0.3 is 0 Å². The first-order chi connectivity index (χ1) is 15.4. The van der Waals surface area contributed by atoms with Gasteiger partial charge in [-0.25, -0.2) is 8.42 Å². The number of anilines is 1. The van der Waals surface area contributed by atoms with Crippen molar-refractivity contribution in [3.8, 4) is 5.75 Å². The Balaban J connectivity index is 1.62. The minimum atomic E-state index is -3.83. The highest BCUT2D eigenvalue weighted by molar-refractivity contribution is 7.92. The molecule has 1 aromatic heterocycles. The quantitative estimate of drug-likeness (QED) is 0.522. The van der Waals surface area contributed by atoms with Crippen LogP contribution in [0.2, 0.25) is 0 Å². The van der Waals surface area contributed by atoms with E-state index in [4.69, 9.17) is 4.74 Å². The van der Waals surface area contributed by atoms with Gasteiger partial charge in [-0.3, -0.25) is 9.10 Å². The van der Waals surface area contributed by atoms with Crippen molar-refractivity contribution in [3.63, 3.8) is 0 Å². The second-order valence-electron chi connectivity index (χ2n) is 7.67. The molecular formula is C24H26N2O4S2. The Labute approximate surface area is 193 Å². The number of hydrogen-bond donors (Lipinski definition) is 0. The molecule has 1 amide bonds. The third kappa shape index (κ3) is 4.00. The molecule has 0 bridgehead atoms. The van der Waals surface area contributed by atoms with Gasteiger partial charge in [-0.15, -0.1) is 11.3 Å². The summed E-state index contributed by atoms with van der Waals surface area (Å²) in [5.74, 6) is 0.505. The molecule has 4 rings (SSSR count). The minimum Gasteiger partial charge on any atom is -0.497 e. The number of thiophene rings is 1. The van der Waals surface area contributed by atoms with Gasteiger partial charge in [0.1, 0.15) is 5.75 Å². The Bertz CT molecular complexity index is 1220. The van der Waals surface area contributed by atoms with E-state index in [2.05, 4.69) is 18.4 Å². The highest BCUT2D eigenvalue weighted by atomic mass is 32.2. The summed E-state index contributed by atoms with van der Waals surface area (Å²) in [7, 11) is -0.774. The lowest BCUT2D eigenvalue weighted by atomic mass is 9.97. The van der Waals surface area contributed by atoms with Crippen molar-refractivity contribution in [1.82, 2.24) is 4.90 Å². The number of sulfonamides is 1. The highest BCUT2D eigenvalue weighted by Crippen LogP contribution is 2.36. The SMILES string of the molecule is CC[C@@H]1c2ccsc2CCN1C(=O)c1cccc(S(=O)(=O)N(C)c2ccc(OC)cc2)c1. The fourth-order valence-electron chi connectivity index (χ4n) is 4.12. The maximum atomic E-state index is 13.4. The molecule has 1 aliphatic heterocycles. The first-order valence-corrected chi connectivity index (χ1v) is 12.8. The van der Waals surface area contributed by atoms with Crippen molar-refractivity contribution in [1.29, 1.82) is 0 Å². The number of ether oxygens (including phenoxy) is 1. The molecule has 0 aliphatic carbocycles. The number of nitrogens with zero attached hydrogens (tertiary/aromatic N) is 2. The van der Waals surface area contributed by atoms with E-state index < -0.39 is 10.0 Å². The monoisotopic (exact) mass is 470 g/mol. The average Bonchev–Trinajstić information content (AvgIpc) is 3.31. The lowest BCUT2D eigenvalue weighted by Crippen LogP contribution is -2.39. The lowest BCUT2D eigenvalue weighted by molar-refractivity contribution is 0.0657. The van der Waals surface area contributed by atoms with Crippen LogP contribution in [0.15, 0.2) is 64.9 Å². The van der Waals surface area contributed by atoms with Crippen LogP contribution in [0.3, 0.4) is 0 Å². The van der Waals surface area contributed by atoms with Crippen LogP contribution in [0.4, 0.5) is 5.69 Å². The number of rotatable bonds is 6. The number of amides is 1. The van der Waals surface area contributed by atoms with E-state index in [1.165, 1.54) is 33.9 Å². The molecule has 1 aliphatic rings. The van der Waals surface area contributed by atoms with E-state index in [0.29, 0.717) is 23.5 Å². The predicted octanol–water partition coefficient (Wildman–Crippen LogP) is 4.73. The second-order valence-corrected chi connectivity index (χ2v) is 10.6. The first-order valence-electron chi connectivity index (χ1n) is 10.5. The number of fused-ring (bicyclic) bond motifs is 1. The zero-order chi connectivity index (χ0) is 22.9. The van der Waals surface area contributed by atoms with E-state index in [9.17, 15) is 13.2 Å². The van der Waals surface area contributed by atoms with Crippen molar-refractivity contribution in [3.05, 3.63) is 76.0 Å². The van der Waals surface area contributed by atoms with Crippen LogP contribution >= 0.6 is 11.3 Å². The molecule has 8 heteroatoms. The molecular weight excluding hydrogens is 444 g/mol. The van der Waals surface area contributed by atoms with Crippen LogP contribution in [0, 0.1) is 0 Å². The van der Waals surface area contributed by atoms with Crippen LogP contribution < -0.4 is 9.04 Å². The summed E-state index contributed by atoms with van der Waals surface area (Å²) in [5.41, 5.74) is 2.10. The third-order valence-corrected chi connectivity index (χ3v) is 8.70. The third-order valence-electron chi connectivity index (χ3n) is 5.92. The molecule has 3 aromatic rings. The van der Waals surface area contributed by atoms with Crippen LogP contribution in [0.5, 0.6) is 5.75 Å².